The van der Waals surface area contributed by atoms with E-state index in [4.69, 9.17) is 14.6 Å². The number of piperidine rings is 1. The molecule has 3 rings (SSSR count). The lowest BCUT2D eigenvalue weighted by atomic mass is 9.98. The van der Waals surface area contributed by atoms with E-state index < -0.39 is 11.9 Å². The number of ether oxygens (including phenoxy) is 2. The summed E-state index contributed by atoms with van der Waals surface area (Å²) < 4.78 is 11.3. The van der Waals surface area contributed by atoms with Gasteiger partial charge < -0.3 is 19.5 Å². The Morgan fingerprint density at radius 1 is 1.20 bits per heavy atom. The van der Waals surface area contributed by atoms with Crippen LogP contribution in [0.4, 0.5) is 0 Å². The van der Waals surface area contributed by atoms with Crippen molar-refractivity contribution in [1.29, 1.82) is 0 Å². The summed E-state index contributed by atoms with van der Waals surface area (Å²) in [6, 6.07) is 5.84. The van der Waals surface area contributed by atoms with Gasteiger partial charge in [-0.2, -0.15) is 0 Å². The van der Waals surface area contributed by atoms with E-state index in [2.05, 4.69) is 0 Å². The van der Waals surface area contributed by atoms with Crippen molar-refractivity contribution in [3.8, 4) is 11.5 Å². The highest BCUT2D eigenvalue weighted by Gasteiger charge is 2.27. The fourth-order valence-electron chi connectivity index (χ4n) is 3.05. The Kier molecular flexibility index (Phi) is 6.07. The second kappa shape index (κ2) is 8.47. The molecule has 0 aromatic heterocycles. The summed E-state index contributed by atoms with van der Waals surface area (Å²) in [5.41, 5.74) is 0. The average Bonchev–Trinajstić information content (AvgIpc) is 2.86. The van der Waals surface area contributed by atoms with Crippen molar-refractivity contribution in [2.75, 3.05) is 32.1 Å². The van der Waals surface area contributed by atoms with E-state index in [1.807, 2.05) is 18.2 Å². The summed E-state index contributed by atoms with van der Waals surface area (Å²) in [7, 11) is 0. The average molecular weight is 365 g/mol. The van der Waals surface area contributed by atoms with Gasteiger partial charge in [0.05, 0.1) is 19.1 Å². The van der Waals surface area contributed by atoms with E-state index in [0.29, 0.717) is 44.9 Å². The summed E-state index contributed by atoms with van der Waals surface area (Å²) in [6.07, 6.45) is 2.70. The molecule has 1 atom stereocenters. The van der Waals surface area contributed by atoms with Crippen LogP contribution in [0.5, 0.6) is 11.5 Å². The molecular weight excluding hydrogens is 342 g/mol. The van der Waals surface area contributed by atoms with Crippen molar-refractivity contribution in [3.63, 3.8) is 0 Å². The number of thioether (sulfide) groups is 1. The molecule has 1 N–H and O–H groups in total. The zero-order valence-corrected chi connectivity index (χ0v) is 14.9. The van der Waals surface area contributed by atoms with E-state index in [1.54, 1.807) is 16.7 Å². The molecule has 6 nitrogen and oxygen atoms in total. The Hall–Kier alpha value is -1.89. The van der Waals surface area contributed by atoms with Crippen molar-refractivity contribution in [2.24, 2.45) is 5.92 Å². The molecule has 1 fully saturated rings. The van der Waals surface area contributed by atoms with Gasteiger partial charge in [-0.1, -0.05) is 0 Å². The molecule has 136 valence electrons. The number of hydrogen-bond donors (Lipinski definition) is 1. The third-order valence-electron chi connectivity index (χ3n) is 4.43. The molecule has 2 aliphatic heterocycles. The van der Waals surface area contributed by atoms with Gasteiger partial charge in [0.25, 0.3) is 0 Å². The quantitative estimate of drug-likeness (QED) is 0.809. The van der Waals surface area contributed by atoms with Crippen LogP contribution in [0.15, 0.2) is 23.1 Å². The zero-order valence-electron chi connectivity index (χ0n) is 14.1. The summed E-state index contributed by atoms with van der Waals surface area (Å²) in [5.74, 6) is 0.992. The van der Waals surface area contributed by atoms with Crippen LogP contribution in [0.1, 0.15) is 25.7 Å². The van der Waals surface area contributed by atoms with Gasteiger partial charge in [-0.25, -0.2) is 0 Å². The van der Waals surface area contributed by atoms with E-state index in [-0.39, 0.29) is 5.91 Å². The lowest BCUT2D eigenvalue weighted by Gasteiger charge is -2.30. The minimum absolute atomic E-state index is 0.0350. The molecule has 7 heteroatoms. The summed E-state index contributed by atoms with van der Waals surface area (Å²) in [4.78, 5) is 26.1. The standard InChI is InChI=1S/C18H23NO5S/c20-17(19-7-1-3-13(12-19)18(21)22)6-10-25-14-4-5-15-16(11-14)24-9-2-8-23-15/h4-5,11,13H,1-3,6-10,12H2,(H,21,22). The van der Waals surface area contributed by atoms with Gasteiger partial charge in [0.15, 0.2) is 11.5 Å². The van der Waals surface area contributed by atoms with E-state index in [9.17, 15) is 9.59 Å². The molecule has 2 aliphatic rings. The number of carbonyl (C=O) groups excluding carboxylic acids is 1. The fourth-order valence-corrected chi connectivity index (χ4v) is 3.92. The van der Waals surface area contributed by atoms with E-state index in [0.717, 1.165) is 29.2 Å². The predicted octanol–water partition coefficient (Wildman–Crippen LogP) is 2.65. The van der Waals surface area contributed by atoms with Crippen LogP contribution >= 0.6 is 11.8 Å². The monoisotopic (exact) mass is 365 g/mol. The molecule has 25 heavy (non-hydrogen) atoms. The Balaban J connectivity index is 1.48. The largest absolute Gasteiger partial charge is 0.490 e. The fraction of sp³-hybridized carbons (Fsp3) is 0.556. The van der Waals surface area contributed by atoms with Gasteiger partial charge in [0, 0.05) is 36.6 Å². The molecule has 0 aliphatic carbocycles. The van der Waals surface area contributed by atoms with Gasteiger partial charge in [0.1, 0.15) is 0 Å². The third-order valence-corrected chi connectivity index (χ3v) is 5.42. The van der Waals surface area contributed by atoms with Crippen LogP contribution < -0.4 is 9.47 Å². The van der Waals surface area contributed by atoms with Crippen molar-refractivity contribution >= 4 is 23.6 Å². The zero-order chi connectivity index (χ0) is 17.6. The van der Waals surface area contributed by atoms with Crippen LogP contribution in [0.2, 0.25) is 0 Å². The Labute approximate surface area is 151 Å². The highest BCUT2D eigenvalue weighted by Crippen LogP contribution is 2.34. The molecule has 1 aromatic rings. The molecule has 0 saturated carbocycles. The lowest BCUT2D eigenvalue weighted by Crippen LogP contribution is -2.42. The SMILES string of the molecule is O=C(O)C1CCCN(C(=O)CCSc2ccc3c(c2)OCCCO3)C1. The predicted molar refractivity (Wildman–Crippen MR) is 94.3 cm³/mol. The van der Waals surface area contributed by atoms with Crippen LogP contribution in [0, 0.1) is 5.92 Å². The van der Waals surface area contributed by atoms with Crippen LogP contribution in [-0.4, -0.2) is 53.9 Å². The van der Waals surface area contributed by atoms with Crippen molar-refractivity contribution in [2.45, 2.75) is 30.6 Å². The van der Waals surface area contributed by atoms with Crippen LogP contribution in [0.25, 0.3) is 0 Å². The number of aliphatic carboxylic acids is 1. The Morgan fingerprint density at radius 2 is 2.00 bits per heavy atom. The second-order valence-corrected chi connectivity index (χ2v) is 7.44. The topological polar surface area (TPSA) is 76.1 Å². The number of nitrogens with zero attached hydrogens (tertiary/aromatic N) is 1. The van der Waals surface area contributed by atoms with Crippen molar-refractivity contribution < 1.29 is 24.2 Å². The molecule has 1 saturated heterocycles. The highest BCUT2D eigenvalue weighted by atomic mass is 32.2. The first-order chi connectivity index (χ1) is 12.1. The number of fused-ring (bicyclic) bond motifs is 1. The summed E-state index contributed by atoms with van der Waals surface area (Å²) >= 11 is 1.60. The minimum Gasteiger partial charge on any atom is -0.490 e. The molecule has 2 heterocycles. The van der Waals surface area contributed by atoms with Gasteiger partial charge in [-0.3, -0.25) is 9.59 Å². The van der Waals surface area contributed by atoms with E-state index in [1.165, 1.54) is 0 Å². The minimum atomic E-state index is -0.806. The molecule has 1 amide bonds. The van der Waals surface area contributed by atoms with Gasteiger partial charge in [-0.05, 0) is 31.0 Å². The van der Waals surface area contributed by atoms with E-state index >= 15 is 0 Å². The number of carbonyl (C=O) groups is 2. The lowest BCUT2D eigenvalue weighted by molar-refractivity contribution is -0.145. The first kappa shape index (κ1) is 17.9. The molecular formula is C18H23NO5S. The third kappa shape index (κ3) is 4.81. The van der Waals surface area contributed by atoms with Gasteiger partial charge in [0.2, 0.25) is 5.91 Å². The molecule has 0 bridgehead atoms. The Bertz CT molecular complexity index is 636. The van der Waals surface area contributed by atoms with Crippen molar-refractivity contribution in [3.05, 3.63) is 18.2 Å². The number of carboxylic acids is 1. The highest BCUT2D eigenvalue weighted by molar-refractivity contribution is 7.99. The summed E-state index contributed by atoms with van der Waals surface area (Å²) in [6.45, 7) is 2.32. The molecule has 1 aromatic carbocycles. The normalized spacial score (nSPS) is 20.0. The molecule has 1 unspecified atom stereocenters. The maximum absolute atomic E-state index is 12.3. The summed E-state index contributed by atoms with van der Waals surface area (Å²) in [5, 5.41) is 9.12. The first-order valence-electron chi connectivity index (χ1n) is 8.66. The van der Waals surface area contributed by atoms with Crippen LogP contribution in [0.3, 0.4) is 0 Å². The number of benzene rings is 1. The number of amides is 1. The maximum atomic E-state index is 12.3. The number of hydrogen-bond acceptors (Lipinski definition) is 5. The number of rotatable bonds is 5. The second-order valence-electron chi connectivity index (χ2n) is 6.27. The number of likely N-dealkylation sites (tertiary alicyclic amines) is 1. The van der Waals surface area contributed by atoms with Crippen LogP contribution in [-0.2, 0) is 9.59 Å². The van der Waals surface area contributed by atoms with Crippen molar-refractivity contribution in [1.82, 2.24) is 4.90 Å². The molecule has 0 spiro atoms. The van der Waals surface area contributed by atoms with Gasteiger partial charge >= 0.3 is 5.97 Å². The molecule has 0 radical (unpaired) electrons. The smallest absolute Gasteiger partial charge is 0.308 e. The Morgan fingerprint density at radius 3 is 2.80 bits per heavy atom. The first-order valence-corrected chi connectivity index (χ1v) is 9.65. The van der Waals surface area contributed by atoms with Gasteiger partial charge in [-0.15, -0.1) is 11.8 Å². The number of carboxylic acid groups (broad SMARTS) is 1. The maximum Gasteiger partial charge on any atom is 0.308 e.